The zero-order chi connectivity index (χ0) is 25.8. The molecule has 0 fully saturated rings. The predicted octanol–water partition coefficient (Wildman–Crippen LogP) is 5.81. The Hall–Kier alpha value is -3.20. The largest absolute Gasteiger partial charge is 0.474 e. The highest BCUT2D eigenvalue weighted by Gasteiger charge is 2.35. The summed E-state index contributed by atoms with van der Waals surface area (Å²) in [5.41, 5.74) is 3.60. The molecule has 0 N–H and O–H groups in total. The van der Waals surface area contributed by atoms with Crippen LogP contribution in [0.2, 0.25) is 0 Å². The van der Waals surface area contributed by atoms with E-state index < -0.39 is 10.0 Å². The Morgan fingerprint density at radius 2 is 1.59 bits per heavy atom. The van der Waals surface area contributed by atoms with Crippen molar-refractivity contribution < 1.29 is 13.2 Å². The van der Waals surface area contributed by atoms with Crippen molar-refractivity contribution in [3.8, 4) is 5.88 Å². The summed E-state index contributed by atoms with van der Waals surface area (Å²) in [5.74, 6) is 0.307. The van der Waals surface area contributed by atoms with Gasteiger partial charge in [0.2, 0.25) is 5.88 Å². The number of hydrogen-bond acceptors (Lipinski definition) is 5. The van der Waals surface area contributed by atoms with Gasteiger partial charge in [0.05, 0.1) is 17.5 Å². The van der Waals surface area contributed by atoms with Crippen molar-refractivity contribution >= 4 is 31.6 Å². The van der Waals surface area contributed by atoms with Crippen LogP contribution in [0, 0.1) is 6.92 Å². The van der Waals surface area contributed by atoms with E-state index in [-0.39, 0.29) is 17.5 Å². The maximum atomic E-state index is 14.1. The lowest BCUT2D eigenvalue weighted by Crippen LogP contribution is -2.47. The fourth-order valence-corrected chi connectivity index (χ4v) is 6.44. The highest BCUT2D eigenvalue weighted by molar-refractivity contribution is 9.10. The molecular weight excluding hydrogens is 550 g/mol. The Bertz CT molecular complexity index is 1420. The van der Waals surface area contributed by atoms with Gasteiger partial charge < -0.3 is 4.74 Å². The number of fused-ring (bicyclic) bond motifs is 1. The average molecular weight is 579 g/mol. The zero-order valence-corrected chi connectivity index (χ0v) is 22.9. The highest BCUT2D eigenvalue weighted by atomic mass is 79.9. The smallest absolute Gasteiger partial charge is 0.264 e. The number of ether oxygens (including phenoxy) is 1. The molecule has 0 bridgehead atoms. The average Bonchev–Trinajstić information content (AvgIpc) is 3.09. The number of nitrogens with zero attached hydrogens (tertiary/aromatic N) is 3. The Morgan fingerprint density at radius 1 is 0.946 bits per heavy atom. The van der Waals surface area contributed by atoms with Crippen molar-refractivity contribution in [2.24, 2.45) is 0 Å². The molecule has 2 heterocycles. The van der Waals surface area contributed by atoms with Gasteiger partial charge in [-0.25, -0.2) is 13.4 Å². The molecule has 1 unspecified atom stereocenters. The number of aromatic nitrogens is 1. The molecule has 3 aromatic carbocycles. The van der Waals surface area contributed by atoms with Crippen LogP contribution in [-0.4, -0.2) is 37.5 Å². The molecule has 0 spiro atoms. The van der Waals surface area contributed by atoms with Crippen molar-refractivity contribution in [3.63, 3.8) is 0 Å². The molecule has 0 amide bonds. The number of pyridine rings is 1. The van der Waals surface area contributed by atoms with Crippen molar-refractivity contribution in [1.82, 2.24) is 9.88 Å². The number of anilines is 1. The SMILES string of the molecule is Cc1cccc(S(=O)(=O)N2CC(N(Cc3ccccc3)Cc3ccccc3)COc3ncc(Br)cc32)c1. The molecule has 1 aliphatic rings. The molecule has 37 heavy (non-hydrogen) atoms. The molecule has 1 atom stereocenters. The normalized spacial score (nSPS) is 15.6. The van der Waals surface area contributed by atoms with E-state index in [0.717, 1.165) is 16.7 Å². The van der Waals surface area contributed by atoms with Crippen LogP contribution in [-0.2, 0) is 23.1 Å². The van der Waals surface area contributed by atoms with Crippen molar-refractivity contribution in [1.29, 1.82) is 0 Å². The quantitative estimate of drug-likeness (QED) is 0.277. The highest BCUT2D eigenvalue weighted by Crippen LogP contribution is 2.36. The fourth-order valence-electron chi connectivity index (χ4n) is 4.52. The van der Waals surface area contributed by atoms with Crippen LogP contribution in [0.1, 0.15) is 16.7 Å². The molecule has 0 radical (unpaired) electrons. The van der Waals surface area contributed by atoms with Crippen molar-refractivity contribution in [2.75, 3.05) is 17.5 Å². The molecule has 4 aromatic rings. The van der Waals surface area contributed by atoms with Gasteiger partial charge in [0.25, 0.3) is 10.0 Å². The van der Waals surface area contributed by atoms with E-state index in [0.29, 0.717) is 35.7 Å². The minimum absolute atomic E-state index is 0.223. The lowest BCUT2D eigenvalue weighted by Gasteiger charge is -2.33. The summed E-state index contributed by atoms with van der Waals surface area (Å²) in [7, 11) is -3.88. The maximum absolute atomic E-state index is 14.1. The van der Waals surface area contributed by atoms with Crippen molar-refractivity contribution in [2.45, 2.75) is 31.0 Å². The Labute approximate surface area is 226 Å². The van der Waals surface area contributed by atoms with Gasteiger partial charge in [-0.2, -0.15) is 0 Å². The summed E-state index contributed by atoms with van der Waals surface area (Å²) in [4.78, 5) is 6.95. The molecule has 5 rings (SSSR count). The summed E-state index contributed by atoms with van der Waals surface area (Å²) in [6.07, 6.45) is 1.63. The Kier molecular flexibility index (Phi) is 7.60. The second-order valence-electron chi connectivity index (χ2n) is 9.17. The topological polar surface area (TPSA) is 62.7 Å². The van der Waals surface area contributed by atoms with Crippen LogP contribution in [0.15, 0.2) is 107 Å². The van der Waals surface area contributed by atoms with Crippen LogP contribution in [0.3, 0.4) is 0 Å². The molecule has 0 saturated heterocycles. The lowest BCUT2D eigenvalue weighted by molar-refractivity contribution is 0.129. The maximum Gasteiger partial charge on any atom is 0.264 e. The number of aryl methyl sites for hydroxylation is 1. The van der Waals surface area contributed by atoms with E-state index in [1.54, 1.807) is 30.5 Å². The van der Waals surface area contributed by atoms with Gasteiger partial charge in [0, 0.05) is 23.8 Å². The summed E-state index contributed by atoms with van der Waals surface area (Å²) in [6, 6.07) is 29.0. The first-order valence-electron chi connectivity index (χ1n) is 12.1. The summed E-state index contributed by atoms with van der Waals surface area (Å²) in [6.45, 7) is 3.72. The van der Waals surface area contributed by atoms with E-state index in [9.17, 15) is 8.42 Å². The molecular formula is C29H28BrN3O3S. The van der Waals surface area contributed by atoms with E-state index in [2.05, 4.69) is 50.1 Å². The van der Waals surface area contributed by atoms with Gasteiger partial charge in [0.1, 0.15) is 12.3 Å². The van der Waals surface area contributed by atoms with Crippen LogP contribution in [0.4, 0.5) is 5.69 Å². The minimum Gasteiger partial charge on any atom is -0.474 e. The monoisotopic (exact) mass is 577 g/mol. The van der Waals surface area contributed by atoms with Gasteiger partial charge in [-0.3, -0.25) is 9.21 Å². The number of benzene rings is 3. The first-order chi connectivity index (χ1) is 17.9. The molecule has 0 aliphatic carbocycles. The van der Waals surface area contributed by atoms with Crippen molar-refractivity contribution in [3.05, 3.63) is 118 Å². The van der Waals surface area contributed by atoms with Gasteiger partial charge >= 0.3 is 0 Å². The van der Waals surface area contributed by atoms with Crippen LogP contribution >= 0.6 is 15.9 Å². The van der Waals surface area contributed by atoms with Crippen LogP contribution in [0.25, 0.3) is 0 Å². The standard InChI is InChI=1S/C29H28BrN3O3S/c1-22-9-8-14-27(15-22)37(34,35)33-20-26(21-36-29-28(33)16-25(30)17-31-29)32(18-23-10-4-2-5-11-23)19-24-12-6-3-7-13-24/h2-17,26H,18-21H2,1H3. The van der Waals surface area contributed by atoms with Gasteiger partial charge in [-0.1, -0.05) is 72.8 Å². The molecule has 1 aliphatic heterocycles. The number of sulfonamides is 1. The van der Waals surface area contributed by atoms with E-state index >= 15 is 0 Å². The third-order valence-electron chi connectivity index (χ3n) is 6.41. The Balaban J connectivity index is 1.56. The summed E-state index contributed by atoms with van der Waals surface area (Å²) in [5, 5.41) is 0. The first-order valence-corrected chi connectivity index (χ1v) is 14.3. The predicted molar refractivity (Wildman–Crippen MR) is 149 cm³/mol. The molecule has 1 aromatic heterocycles. The molecule has 190 valence electrons. The molecule has 0 saturated carbocycles. The summed E-state index contributed by atoms with van der Waals surface area (Å²) >= 11 is 3.46. The minimum atomic E-state index is -3.88. The number of rotatable bonds is 7. The van der Waals surface area contributed by atoms with Gasteiger partial charge in [-0.15, -0.1) is 0 Å². The third kappa shape index (κ3) is 5.87. The zero-order valence-electron chi connectivity index (χ0n) is 20.5. The fraction of sp³-hybridized carbons (Fsp3) is 0.207. The lowest BCUT2D eigenvalue weighted by atomic mass is 10.1. The summed E-state index contributed by atoms with van der Waals surface area (Å²) < 4.78 is 36.4. The molecule has 6 nitrogen and oxygen atoms in total. The number of hydrogen-bond donors (Lipinski definition) is 0. The number of halogens is 1. The second kappa shape index (κ2) is 11.0. The third-order valence-corrected chi connectivity index (χ3v) is 8.62. The van der Waals surface area contributed by atoms with E-state index in [1.165, 1.54) is 4.31 Å². The van der Waals surface area contributed by atoms with E-state index in [1.807, 2.05) is 49.4 Å². The van der Waals surface area contributed by atoms with Gasteiger partial charge in [0.15, 0.2) is 0 Å². The van der Waals surface area contributed by atoms with Crippen LogP contribution < -0.4 is 9.04 Å². The Morgan fingerprint density at radius 3 is 2.22 bits per heavy atom. The van der Waals surface area contributed by atoms with E-state index in [4.69, 9.17) is 4.74 Å². The van der Waals surface area contributed by atoms with Gasteiger partial charge in [-0.05, 0) is 57.7 Å². The van der Waals surface area contributed by atoms with Crippen LogP contribution in [0.5, 0.6) is 5.88 Å². The first kappa shape index (κ1) is 25.4. The second-order valence-corrected chi connectivity index (χ2v) is 11.9. The molecule has 8 heteroatoms.